The summed E-state index contributed by atoms with van der Waals surface area (Å²) in [5.74, 6) is 1.65. The summed E-state index contributed by atoms with van der Waals surface area (Å²) in [7, 11) is 0. The molecule has 144 valence electrons. The molecule has 0 spiro atoms. The van der Waals surface area contributed by atoms with Crippen LogP contribution in [-0.2, 0) is 25.1 Å². The number of thiophene rings is 1. The van der Waals surface area contributed by atoms with Crippen molar-refractivity contribution >= 4 is 33.3 Å². The third kappa shape index (κ3) is 3.82. The Morgan fingerprint density at radius 2 is 2.11 bits per heavy atom. The number of rotatable bonds is 8. The number of hydrogen-bond donors (Lipinski definition) is 0. The molecule has 0 amide bonds. The minimum Gasteiger partial charge on any atom is -0.425 e. The molecule has 0 saturated heterocycles. The van der Waals surface area contributed by atoms with Gasteiger partial charge in [0.1, 0.15) is 4.83 Å². The second-order valence-electron chi connectivity index (χ2n) is 6.95. The maximum absolute atomic E-state index is 13.3. The van der Waals surface area contributed by atoms with Crippen molar-refractivity contribution in [2.24, 2.45) is 0 Å². The smallest absolute Gasteiger partial charge is 0.263 e. The van der Waals surface area contributed by atoms with E-state index in [1.807, 2.05) is 4.57 Å². The van der Waals surface area contributed by atoms with Crippen molar-refractivity contribution in [1.82, 2.24) is 19.7 Å². The minimum atomic E-state index is 0.125. The minimum absolute atomic E-state index is 0.125. The van der Waals surface area contributed by atoms with Crippen LogP contribution in [0.1, 0.15) is 61.2 Å². The zero-order chi connectivity index (χ0) is 18.8. The molecule has 0 aromatic carbocycles. The van der Waals surface area contributed by atoms with Gasteiger partial charge >= 0.3 is 0 Å². The van der Waals surface area contributed by atoms with Crippen molar-refractivity contribution in [2.45, 2.75) is 76.2 Å². The summed E-state index contributed by atoms with van der Waals surface area (Å²) in [5, 5.41) is 9.55. The van der Waals surface area contributed by atoms with E-state index in [0.29, 0.717) is 17.5 Å². The fourth-order valence-electron chi connectivity index (χ4n) is 3.58. The predicted molar refractivity (Wildman–Crippen MR) is 109 cm³/mol. The van der Waals surface area contributed by atoms with Gasteiger partial charge in [0.25, 0.3) is 5.56 Å². The van der Waals surface area contributed by atoms with Crippen molar-refractivity contribution in [1.29, 1.82) is 0 Å². The maximum atomic E-state index is 13.3. The predicted octanol–water partition coefficient (Wildman–Crippen LogP) is 4.51. The van der Waals surface area contributed by atoms with Gasteiger partial charge in [0.2, 0.25) is 11.8 Å². The highest BCUT2D eigenvalue weighted by Gasteiger charge is 2.23. The summed E-state index contributed by atoms with van der Waals surface area (Å²) < 4.78 is 7.34. The second kappa shape index (κ2) is 8.14. The van der Waals surface area contributed by atoms with E-state index < -0.39 is 0 Å². The average Bonchev–Trinajstić information content (AvgIpc) is 3.34. The van der Waals surface area contributed by atoms with E-state index in [4.69, 9.17) is 9.40 Å². The molecule has 3 aromatic rings. The summed E-state index contributed by atoms with van der Waals surface area (Å²) in [4.78, 5) is 20.4. The molecule has 0 radical (unpaired) electrons. The Bertz CT molecular complexity index is 1010. The molecule has 6 nitrogen and oxygen atoms in total. The first kappa shape index (κ1) is 18.7. The molecule has 0 fully saturated rings. The molecular formula is C19H24N4O2S2. The third-order valence-electron chi connectivity index (χ3n) is 4.92. The van der Waals surface area contributed by atoms with E-state index in [1.165, 1.54) is 35.0 Å². The van der Waals surface area contributed by atoms with Crippen LogP contribution in [0.4, 0.5) is 0 Å². The lowest BCUT2D eigenvalue weighted by atomic mass is 10.2. The zero-order valence-corrected chi connectivity index (χ0v) is 17.4. The summed E-state index contributed by atoms with van der Waals surface area (Å²) in [6.07, 6.45) is 7.76. The fourth-order valence-corrected chi connectivity index (χ4v) is 5.75. The van der Waals surface area contributed by atoms with Crippen LogP contribution in [0, 0.1) is 6.92 Å². The number of thioether (sulfide) groups is 1. The monoisotopic (exact) mass is 404 g/mol. The molecule has 0 atom stereocenters. The number of hydrogen-bond acceptors (Lipinski definition) is 7. The molecule has 0 bridgehead atoms. The molecular weight excluding hydrogens is 380 g/mol. The van der Waals surface area contributed by atoms with Gasteiger partial charge in [0, 0.05) is 18.3 Å². The Morgan fingerprint density at radius 1 is 1.22 bits per heavy atom. The highest BCUT2D eigenvalue weighted by molar-refractivity contribution is 7.98. The Morgan fingerprint density at radius 3 is 2.89 bits per heavy atom. The molecule has 3 aromatic heterocycles. The maximum Gasteiger partial charge on any atom is 0.263 e. The first-order chi connectivity index (χ1) is 13.2. The average molecular weight is 405 g/mol. The summed E-state index contributed by atoms with van der Waals surface area (Å²) in [5.41, 5.74) is 1.37. The number of aromatic nitrogens is 4. The van der Waals surface area contributed by atoms with Crippen LogP contribution >= 0.6 is 23.1 Å². The molecule has 3 heterocycles. The van der Waals surface area contributed by atoms with Crippen LogP contribution in [0.5, 0.6) is 0 Å². The van der Waals surface area contributed by atoms with Crippen LogP contribution in [0.15, 0.2) is 14.4 Å². The van der Waals surface area contributed by atoms with Gasteiger partial charge in [-0.2, -0.15) is 0 Å². The largest absolute Gasteiger partial charge is 0.425 e. The summed E-state index contributed by atoms with van der Waals surface area (Å²) in [6, 6.07) is 0. The van der Waals surface area contributed by atoms with Crippen molar-refractivity contribution < 1.29 is 4.42 Å². The van der Waals surface area contributed by atoms with Gasteiger partial charge < -0.3 is 4.42 Å². The topological polar surface area (TPSA) is 73.8 Å². The van der Waals surface area contributed by atoms with Gasteiger partial charge in [-0.25, -0.2) is 4.98 Å². The van der Waals surface area contributed by atoms with Gasteiger partial charge in [-0.15, -0.1) is 21.5 Å². The second-order valence-corrected chi connectivity index (χ2v) is 8.98. The van der Waals surface area contributed by atoms with Crippen molar-refractivity contribution in [3.05, 3.63) is 32.6 Å². The summed E-state index contributed by atoms with van der Waals surface area (Å²) in [6.45, 7) is 4.70. The molecule has 0 N–H and O–H groups in total. The molecule has 8 heteroatoms. The zero-order valence-electron chi connectivity index (χ0n) is 15.8. The van der Waals surface area contributed by atoms with Crippen molar-refractivity contribution in [2.75, 3.05) is 0 Å². The first-order valence-electron chi connectivity index (χ1n) is 9.64. The summed E-state index contributed by atoms with van der Waals surface area (Å²) >= 11 is 3.20. The van der Waals surface area contributed by atoms with Crippen LogP contribution in [0.3, 0.4) is 0 Å². The van der Waals surface area contributed by atoms with Crippen LogP contribution < -0.4 is 5.56 Å². The van der Waals surface area contributed by atoms with E-state index in [2.05, 4.69) is 17.1 Å². The van der Waals surface area contributed by atoms with Gasteiger partial charge in [-0.3, -0.25) is 9.36 Å². The molecule has 1 aliphatic rings. The fraction of sp³-hybridized carbons (Fsp3) is 0.579. The van der Waals surface area contributed by atoms with Gasteiger partial charge in [-0.05, 0) is 31.2 Å². The van der Waals surface area contributed by atoms with Gasteiger partial charge in [0.15, 0.2) is 5.16 Å². The first-order valence-corrected chi connectivity index (χ1v) is 11.4. The Labute approximate surface area is 166 Å². The van der Waals surface area contributed by atoms with E-state index in [1.54, 1.807) is 18.3 Å². The van der Waals surface area contributed by atoms with Gasteiger partial charge in [0.05, 0.1) is 11.1 Å². The highest BCUT2D eigenvalue weighted by Crippen LogP contribution is 2.36. The third-order valence-corrected chi connectivity index (χ3v) is 7.06. The lowest BCUT2D eigenvalue weighted by Crippen LogP contribution is -2.23. The molecule has 0 unspecified atom stereocenters. The quantitative estimate of drug-likeness (QED) is 0.312. The number of aryl methyl sites for hydroxylation is 3. The number of fused-ring (bicyclic) bond motifs is 3. The lowest BCUT2D eigenvalue weighted by Gasteiger charge is -2.11. The van der Waals surface area contributed by atoms with Gasteiger partial charge in [-0.1, -0.05) is 37.9 Å². The Balaban J connectivity index is 1.67. The van der Waals surface area contributed by atoms with Crippen molar-refractivity contribution in [3.63, 3.8) is 0 Å². The van der Waals surface area contributed by atoms with E-state index in [0.717, 1.165) is 54.0 Å². The molecule has 27 heavy (non-hydrogen) atoms. The normalized spacial score (nSPS) is 13.6. The Kier molecular flexibility index (Phi) is 5.63. The van der Waals surface area contributed by atoms with Crippen molar-refractivity contribution in [3.8, 4) is 0 Å². The molecule has 1 aliphatic carbocycles. The number of unbranched alkanes of at least 4 members (excludes halogenated alkanes) is 3. The standard InChI is InChI=1S/C19H24N4O2S2/c1-3-4-5-6-10-23-18(24)16-13-8-7-9-14(13)27-17(16)20-19(23)26-11-15-22-21-12(2)25-15/h3-11H2,1-2H3. The highest BCUT2D eigenvalue weighted by atomic mass is 32.2. The molecule has 4 rings (SSSR count). The lowest BCUT2D eigenvalue weighted by molar-refractivity contribution is 0.484. The van der Waals surface area contributed by atoms with Crippen LogP contribution in [-0.4, -0.2) is 19.7 Å². The SMILES string of the molecule is CCCCCCn1c(SCc2nnc(C)o2)nc2sc3c(c2c1=O)CCC3. The molecule has 0 saturated carbocycles. The van der Waals surface area contributed by atoms with E-state index >= 15 is 0 Å². The molecule has 0 aliphatic heterocycles. The van der Waals surface area contributed by atoms with Crippen LogP contribution in [0.25, 0.3) is 10.2 Å². The van der Waals surface area contributed by atoms with Crippen LogP contribution in [0.2, 0.25) is 0 Å². The van der Waals surface area contributed by atoms with E-state index in [-0.39, 0.29) is 5.56 Å². The van der Waals surface area contributed by atoms with E-state index in [9.17, 15) is 4.79 Å². The Hall–Kier alpha value is -1.67. The number of nitrogens with zero attached hydrogens (tertiary/aromatic N) is 4.